The molecule has 0 bridgehead atoms. The lowest BCUT2D eigenvalue weighted by atomic mass is 10.0. The third-order valence-electron chi connectivity index (χ3n) is 3.17. The zero-order chi connectivity index (χ0) is 14.2. The third-order valence-corrected chi connectivity index (χ3v) is 3.17. The molecule has 1 aromatic heterocycles. The molecule has 106 valence electrons. The molecule has 0 radical (unpaired) electrons. The van der Waals surface area contributed by atoms with Crippen molar-refractivity contribution < 1.29 is 9.84 Å². The average Bonchev–Trinajstić information content (AvgIpc) is 2.52. The van der Waals surface area contributed by atoms with Gasteiger partial charge in [-0.3, -0.25) is 4.98 Å². The fraction of sp³-hybridized carbons (Fsp3) is 0.353. The van der Waals surface area contributed by atoms with Crippen molar-refractivity contribution >= 4 is 0 Å². The Bertz CT molecular complexity index is 496. The van der Waals surface area contributed by atoms with Crippen molar-refractivity contribution in [3.05, 3.63) is 59.9 Å². The first kappa shape index (κ1) is 14.5. The van der Waals surface area contributed by atoms with Crippen LogP contribution in [0, 0.1) is 0 Å². The first-order chi connectivity index (χ1) is 9.79. The monoisotopic (exact) mass is 271 g/mol. The summed E-state index contributed by atoms with van der Waals surface area (Å²) in [5, 5.41) is 10.2. The van der Waals surface area contributed by atoms with Crippen molar-refractivity contribution in [1.29, 1.82) is 0 Å². The van der Waals surface area contributed by atoms with Gasteiger partial charge in [0.2, 0.25) is 0 Å². The number of pyridine rings is 1. The highest BCUT2D eigenvalue weighted by molar-refractivity contribution is 5.28. The Kier molecular flexibility index (Phi) is 5.56. The van der Waals surface area contributed by atoms with E-state index in [-0.39, 0.29) is 0 Å². The molecule has 1 aromatic carbocycles. The van der Waals surface area contributed by atoms with Gasteiger partial charge in [-0.1, -0.05) is 25.1 Å². The Morgan fingerprint density at radius 1 is 1.20 bits per heavy atom. The van der Waals surface area contributed by atoms with E-state index in [1.54, 1.807) is 6.20 Å². The summed E-state index contributed by atoms with van der Waals surface area (Å²) >= 11 is 0. The van der Waals surface area contributed by atoms with Crippen LogP contribution in [0.5, 0.6) is 5.75 Å². The van der Waals surface area contributed by atoms with Gasteiger partial charge in [-0.2, -0.15) is 0 Å². The lowest BCUT2D eigenvalue weighted by Crippen LogP contribution is -2.00. The smallest absolute Gasteiger partial charge is 0.119 e. The summed E-state index contributed by atoms with van der Waals surface area (Å²) in [6.07, 6.45) is 5.67. The molecule has 1 atom stereocenters. The van der Waals surface area contributed by atoms with Crippen LogP contribution in [0.25, 0.3) is 0 Å². The minimum absolute atomic E-state index is 0.449. The summed E-state index contributed by atoms with van der Waals surface area (Å²) in [4.78, 5) is 4.08. The molecule has 0 fully saturated rings. The van der Waals surface area contributed by atoms with Crippen molar-refractivity contribution in [2.75, 3.05) is 6.61 Å². The Labute approximate surface area is 120 Å². The highest BCUT2D eigenvalue weighted by Gasteiger charge is 2.08. The molecule has 1 heterocycles. The minimum atomic E-state index is -0.449. The van der Waals surface area contributed by atoms with Crippen molar-refractivity contribution in [3.8, 4) is 5.75 Å². The molecular weight excluding hydrogens is 250 g/mol. The van der Waals surface area contributed by atoms with E-state index in [1.165, 1.54) is 0 Å². The molecule has 1 N–H and O–H groups in total. The third kappa shape index (κ3) is 4.35. The van der Waals surface area contributed by atoms with E-state index in [0.29, 0.717) is 6.42 Å². The number of nitrogens with zero attached hydrogens (tertiary/aromatic N) is 1. The Hall–Kier alpha value is -1.87. The fourth-order valence-electron chi connectivity index (χ4n) is 2.02. The van der Waals surface area contributed by atoms with Crippen LogP contribution in [0.4, 0.5) is 0 Å². The van der Waals surface area contributed by atoms with Gasteiger partial charge >= 0.3 is 0 Å². The Morgan fingerprint density at radius 2 is 2.00 bits per heavy atom. The van der Waals surface area contributed by atoms with Crippen molar-refractivity contribution in [2.24, 2.45) is 0 Å². The molecule has 1 unspecified atom stereocenters. The van der Waals surface area contributed by atoms with Crippen LogP contribution >= 0.6 is 0 Å². The summed E-state index contributed by atoms with van der Waals surface area (Å²) in [5.41, 5.74) is 2.08. The van der Waals surface area contributed by atoms with Gasteiger partial charge in [0, 0.05) is 12.4 Å². The summed E-state index contributed by atoms with van der Waals surface area (Å²) in [5.74, 6) is 0.857. The van der Waals surface area contributed by atoms with E-state index in [0.717, 1.165) is 36.3 Å². The molecule has 3 nitrogen and oxygen atoms in total. The molecule has 2 rings (SSSR count). The van der Waals surface area contributed by atoms with Gasteiger partial charge in [0.05, 0.1) is 12.7 Å². The topological polar surface area (TPSA) is 42.4 Å². The normalized spacial score (nSPS) is 12.1. The molecule has 0 aliphatic heterocycles. The van der Waals surface area contributed by atoms with Crippen LogP contribution in [0.15, 0.2) is 48.8 Å². The van der Waals surface area contributed by atoms with Crippen LogP contribution in [0.3, 0.4) is 0 Å². The second-order valence-corrected chi connectivity index (χ2v) is 4.83. The van der Waals surface area contributed by atoms with E-state index in [2.05, 4.69) is 11.9 Å². The zero-order valence-electron chi connectivity index (χ0n) is 11.8. The molecule has 0 spiro atoms. The largest absolute Gasteiger partial charge is 0.494 e. The molecule has 0 saturated heterocycles. The number of aliphatic hydroxyl groups is 1. The molecule has 0 amide bonds. The van der Waals surface area contributed by atoms with E-state index < -0.39 is 6.10 Å². The fourth-order valence-corrected chi connectivity index (χ4v) is 2.02. The molecule has 0 aliphatic rings. The maximum absolute atomic E-state index is 10.2. The van der Waals surface area contributed by atoms with Gasteiger partial charge in [0.1, 0.15) is 5.75 Å². The van der Waals surface area contributed by atoms with Gasteiger partial charge in [0.25, 0.3) is 0 Å². The summed E-state index contributed by atoms with van der Waals surface area (Å²) in [6.45, 7) is 2.81. The summed E-state index contributed by atoms with van der Waals surface area (Å²) in [7, 11) is 0. The quantitative estimate of drug-likeness (QED) is 0.837. The number of hydrogen-bond acceptors (Lipinski definition) is 3. The second kappa shape index (κ2) is 7.65. The lowest BCUT2D eigenvalue weighted by Gasteiger charge is -2.12. The van der Waals surface area contributed by atoms with Crippen molar-refractivity contribution in [2.45, 2.75) is 32.3 Å². The predicted molar refractivity (Wildman–Crippen MR) is 79.7 cm³/mol. The predicted octanol–water partition coefficient (Wildman–Crippen LogP) is 3.54. The highest BCUT2D eigenvalue weighted by atomic mass is 16.5. The Balaban J connectivity index is 1.87. The summed E-state index contributed by atoms with van der Waals surface area (Å²) < 4.78 is 5.53. The number of benzene rings is 1. The number of aliphatic hydroxyl groups excluding tert-OH is 1. The molecule has 20 heavy (non-hydrogen) atoms. The number of hydrogen-bond donors (Lipinski definition) is 1. The molecular formula is C17H21NO2. The average molecular weight is 271 g/mol. The highest BCUT2D eigenvalue weighted by Crippen LogP contribution is 2.21. The van der Waals surface area contributed by atoms with Crippen molar-refractivity contribution in [1.82, 2.24) is 4.98 Å². The van der Waals surface area contributed by atoms with Crippen LogP contribution < -0.4 is 4.74 Å². The van der Waals surface area contributed by atoms with Gasteiger partial charge in [-0.25, -0.2) is 0 Å². The van der Waals surface area contributed by atoms with Gasteiger partial charge < -0.3 is 9.84 Å². The van der Waals surface area contributed by atoms with Crippen LogP contribution in [0.2, 0.25) is 0 Å². The number of ether oxygens (including phenoxy) is 1. The maximum Gasteiger partial charge on any atom is 0.119 e. The molecule has 2 aromatic rings. The van der Waals surface area contributed by atoms with Crippen LogP contribution in [-0.4, -0.2) is 16.7 Å². The number of rotatable bonds is 7. The number of aromatic nitrogens is 1. The molecule has 0 saturated carbocycles. The SMILES string of the molecule is CCCOc1ccc(C(O)CCc2cccnc2)cc1. The molecule has 3 heteroatoms. The lowest BCUT2D eigenvalue weighted by molar-refractivity contribution is 0.167. The zero-order valence-corrected chi connectivity index (χ0v) is 11.8. The summed E-state index contributed by atoms with van der Waals surface area (Å²) in [6, 6.07) is 11.6. The van der Waals surface area contributed by atoms with E-state index in [1.807, 2.05) is 42.6 Å². The van der Waals surface area contributed by atoms with Gasteiger partial charge in [0.15, 0.2) is 0 Å². The van der Waals surface area contributed by atoms with E-state index >= 15 is 0 Å². The van der Waals surface area contributed by atoms with Gasteiger partial charge in [-0.15, -0.1) is 0 Å². The Morgan fingerprint density at radius 3 is 2.65 bits per heavy atom. The van der Waals surface area contributed by atoms with Gasteiger partial charge in [-0.05, 0) is 48.6 Å². The van der Waals surface area contributed by atoms with E-state index in [4.69, 9.17) is 4.74 Å². The van der Waals surface area contributed by atoms with Crippen molar-refractivity contribution in [3.63, 3.8) is 0 Å². The van der Waals surface area contributed by atoms with E-state index in [9.17, 15) is 5.11 Å². The number of aryl methyl sites for hydroxylation is 1. The standard InChI is InChI=1S/C17H21NO2/c1-2-12-20-16-8-6-15(7-9-16)17(19)10-5-14-4-3-11-18-13-14/h3-4,6-9,11,13,17,19H,2,5,10,12H2,1H3. The van der Waals surface area contributed by atoms with Crippen LogP contribution in [-0.2, 0) is 6.42 Å². The van der Waals surface area contributed by atoms with Crippen LogP contribution in [0.1, 0.15) is 37.0 Å². The minimum Gasteiger partial charge on any atom is -0.494 e. The first-order valence-corrected chi connectivity index (χ1v) is 7.09. The first-order valence-electron chi connectivity index (χ1n) is 7.09. The maximum atomic E-state index is 10.2. The molecule has 0 aliphatic carbocycles. The second-order valence-electron chi connectivity index (χ2n) is 4.83.